The van der Waals surface area contributed by atoms with E-state index in [0.717, 1.165) is 21.2 Å². The highest BCUT2D eigenvalue weighted by atomic mass is 79.9. The second-order valence-corrected chi connectivity index (χ2v) is 8.73. The molecule has 28 heavy (non-hydrogen) atoms. The number of carbonyl (C=O) groups excluding carboxylic acids is 1. The van der Waals surface area contributed by atoms with Gasteiger partial charge in [0, 0.05) is 22.8 Å². The fraction of sp³-hybridized carbons (Fsp3) is 0.286. The van der Waals surface area contributed by atoms with Crippen molar-refractivity contribution in [2.75, 3.05) is 0 Å². The lowest BCUT2D eigenvalue weighted by Gasteiger charge is -2.21. The second kappa shape index (κ2) is 9.39. The minimum absolute atomic E-state index is 0.105. The SMILES string of the molecule is CC(C)C(NC(=O)c1ccccc1)c1nnc(SCc2ccc(Br)cc2)n1C. The second-order valence-electron chi connectivity index (χ2n) is 6.88. The van der Waals surface area contributed by atoms with Crippen molar-refractivity contribution in [2.24, 2.45) is 13.0 Å². The van der Waals surface area contributed by atoms with Crippen LogP contribution in [0.1, 0.15) is 41.6 Å². The lowest BCUT2D eigenvalue weighted by Crippen LogP contribution is -2.33. The number of hydrogen-bond acceptors (Lipinski definition) is 4. The molecule has 1 atom stereocenters. The first-order valence-electron chi connectivity index (χ1n) is 9.08. The van der Waals surface area contributed by atoms with Gasteiger partial charge in [-0.1, -0.05) is 71.9 Å². The Balaban J connectivity index is 1.73. The summed E-state index contributed by atoms with van der Waals surface area (Å²) in [5.74, 6) is 1.64. The highest BCUT2D eigenvalue weighted by molar-refractivity contribution is 9.10. The minimum Gasteiger partial charge on any atom is -0.342 e. The summed E-state index contributed by atoms with van der Waals surface area (Å²) in [6.07, 6.45) is 0. The number of rotatable bonds is 7. The Morgan fingerprint density at radius 3 is 2.43 bits per heavy atom. The fourth-order valence-corrected chi connectivity index (χ4v) is 3.93. The third-order valence-corrected chi connectivity index (χ3v) is 6.04. The normalized spacial score (nSPS) is 12.2. The Morgan fingerprint density at radius 1 is 1.11 bits per heavy atom. The Morgan fingerprint density at radius 2 is 1.79 bits per heavy atom. The predicted octanol–water partition coefficient (Wildman–Crippen LogP) is 5.00. The molecule has 0 aliphatic carbocycles. The molecule has 1 amide bonds. The maximum atomic E-state index is 12.6. The van der Waals surface area contributed by atoms with Crippen LogP contribution in [0.3, 0.4) is 0 Å². The number of hydrogen-bond donors (Lipinski definition) is 1. The van der Waals surface area contributed by atoms with Gasteiger partial charge in [-0.15, -0.1) is 10.2 Å². The van der Waals surface area contributed by atoms with Crippen LogP contribution in [0, 0.1) is 5.92 Å². The van der Waals surface area contributed by atoms with E-state index in [0.29, 0.717) is 5.56 Å². The molecule has 0 saturated carbocycles. The molecule has 0 aliphatic rings. The van der Waals surface area contributed by atoms with Crippen LogP contribution in [0.25, 0.3) is 0 Å². The van der Waals surface area contributed by atoms with Crippen LogP contribution >= 0.6 is 27.7 Å². The zero-order valence-electron chi connectivity index (χ0n) is 16.1. The number of carbonyl (C=O) groups is 1. The van der Waals surface area contributed by atoms with Crippen molar-refractivity contribution >= 4 is 33.6 Å². The summed E-state index contributed by atoms with van der Waals surface area (Å²) in [6, 6.07) is 17.3. The minimum atomic E-state index is -0.216. The van der Waals surface area contributed by atoms with Gasteiger partial charge in [0.15, 0.2) is 11.0 Å². The Bertz CT molecular complexity index is 925. The molecule has 3 rings (SSSR count). The molecule has 2 aromatic carbocycles. The molecule has 1 heterocycles. The topological polar surface area (TPSA) is 59.8 Å². The molecule has 146 valence electrons. The van der Waals surface area contributed by atoms with Gasteiger partial charge >= 0.3 is 0 Å². The summed E-state index contributed by atoms with van der Waals surface area (Å²) >= 11 is 5.09. The Labute approximate surface area is 178 Å². The third kappa shape index (κ3) is 5.02. The molecule has 0 spiro atoms. The molecule has 0 fully saturated rings. The van der Waals surface area contributed by atoms with Gasteiger partial charge < -0.3 is 9.88 Å². The molecular formula is C21H23BrN4OS. The van der Waals surface area contributed by atoms with E-state index in [1.807, 2.05) is 54.1 Å². The summed E-state index contributed by atoms with van der Waals surface area (Å²) in [7, 11) is 1.95. The average molecular weight is 459 g/mol. The maximum absolute atomic E-state index is 12.6. The molecule has 0 radical (unpaired) electrons. The van der Waals surface area contributed by atoms with E-state index in [9.17, 15) is 4.79 Å². The van der Waals surface area contributed by atoms with E-state index in [2.05, 4.69) is 57.4 Å². The fourth-order valence-electron chi connectivity index (χ4n) is 2.79. The molecule has 1 unspecified atom stereocenters. The first-order chi connectivity index (χ1) is 13.5. The summed E-state index contributed by atoms with van der Waals surface area (Å²) in [6.45, 7) is 4.14. The van der Waals surface area contributed by atoms with E-state index in [1.54, 1.807) is 11.8 Å². The average Bonchev–Trinajstić information content (AvgIpc) is 3.06. The molecule has 0 bridgehead atoms. The zero-order chi connectivity index (χ0) is 20.1. The monoisotopic (exact) mass is 458 g/mol. The first kappa shape index (κ1) is 20.6. The van der Waals surface area contributed by atoms with Crippen molar-refractivity contribution in [1.29, 1.82) is 0 Å². The van der Waals surface area contributed by atoms with Crippen molar-refractivity contribution in [3.05, 3.63) is 76.0 Å². The number of thioether (sulfide) groups is 1. The highest BCUT2D eigenvalue weighted by Crippen LogP contribution is 2.26. The van der Waals surface area contributed by atoms with Crippen molar-refractivity contribution in [3.8, 4) is 0 Å². The molecule has 1 aromatic heterocycles. The van der Waals surface area contributed by atoms with Crippen LogP contribution in [0.15, 0.2) is 64.2 Å². The number of benzene rings is 2. The van der Waals surface area contributed by atoms with Gasteiger partial charge in [0.2, 0.25) is 0 Å². The van der Waals surface area contributed by atoms with Crippen LogP contribution in [0.2, 0.25) is 0 Å². The number of nitrogens with zero attached hydrogens (tertiary/aromatic N) is 3. The molecule has 0 saturated heterocycles. The zero-order valence-corrected chi connectivity index (χ0v) is 18.5. The van der Waals surface area contributed by atoms with E-state index < -0.39 is 0 Å². The lowest BCUT2D eigenvalue weighted by atomic mass is 10.0. The van der Waals surface area contributed by atoms with Gasteiger partial charge in [-0.2, -0.15) is 0 Å². The summed E-state index contributed by atoms with van der Waals surface area (Å²) in [5.41, 5.74) is 1.86. The number of aromatic nitrogens is 3. The molecular weight excluding hydrogens is 436 g/mol. The van der Waals surface area contributed by atoms with Gasteiger partial charge in [0.1, 0.15) is 0 Å². The van der Waals surface area contributed by atoms with Crippen molar-refractivity contribution < 1.29 is 4.79 Å². The maximum Gasteiger partial charge on any atom is 0.251 e. The van der Waals surface area contributed by atoms with Crippen molar-refractivity contribution in [2.45, 2.75) is 30.8 Å². The van der Waals surface area contributed by atoms with Crippen LogP contribution in [0.4, 0.5) is 0 Å². The van der Waals surface area contributed by atoms with E-state index >= 15 is 0 Å². The molecule has 7 heteroatoms. The smallest absolute Gasteiger partial charge is 0.251 e. The van der Waals surface area contributed by atoms with Gasteiger partial charge in [-0.05, 0) is 35.7 Å². The predicted molar refractivity (Wildman–Crippen MR) is 116 cm³/mol. The van der Waals surface area contributed by atoms with E-state index in [1.165, 1.54) is 5.56 Å². The third-order valence-electron chi connectivity index (χ3n) is 4.42. The van der Waals surface area contributed by atoms with Crippen LogP contribution in [-0.4, -0.2) is 20.7 Å². The van der Waals surface area contributed by atoms with E-state index in [-0.39, 0.29) is 17.9 Å². The summed E-state index contributed by atoms with van der Waals surface area (Å²) in [5, 5.41) is 12.7. The Kier molecular flexibility index (Phi) is 6.91. The van der Waals surface area contributed by atoms with Crippen molar-refractivity contribution in [1.82, 2.24) is 20.1 Å². The van der Waals surface area contributed by atoms with Crippen LogP contribution in [-0.2, 0) is 12.8 Å². The van der Waals surface area contributed by atoms with Crippen LogP contribution in [0.5, 0.6) is 0 Å². The van der Waals surface area contributed by atoms with Crippen LogP contribution < -0.4 is 5.32 Å². The quantitative estimate of drug-likeness (QED) is 0.506. The molecule has 5 nitrogen and oxygen atoms in total. The standard InChI is InChI=1S/C21H23BrN4OS/c1-14(2)18(23-20(27)16-7-5-4-6-8-16)19-24-25-21(26(19)3)28-13-15-9-11-17(22)12-10-15/h4-12,14,18H,13H2,1-3H3,(H,23,27). The first-order valence-corrected chi connectivity index (χ1v) is 10.9. The Hall–Kier alpha value is -2.12. The van der Waals surface area contributed by atoms with Gasteiger partial charge in [-0.25, -0.2) is 0 Å². The highest BCUT2D eigenvalue weighted by Gasteiger charge is 2.25. The number of halogens is 1. The molecule has 1 N–H and O–H groups in total. The summed E-state index contributed by atoms with van der Waals surface area (Å²) in [4.78, 5) is 12.6. The number of amides is 1. The van der Waals surface area contributed by atoms with E-state index in [4.69, 9.17) is 0 Å². The number of nitrogens with one attached hydrogen (secondary N) is 1. The van der Waals surface area contributed by atoms with Gasteiger partial charge in [0.05, 0.1) is 6.04 Å². The van der Waals surface area contributed by atoms with Gasteiger partial charge in [0.25, 0.3) is 5.91 Å². The van der Waals surface area contributed by atoms with Gasteiger partial charge in [-0.3, -0.25) is 4.79 Å². The molecule has 3 aromatic rings. The largest absolute Gasteiger partial charge is 0.342 e. The van der Waals surface area contributed by atoms with Crippen molar-refractivity contribution in [3.63, 3.8) is 0 Å². The molecule has 0 aliphatic heterocycles. The lowest BCUT2D eigenvalue weighted by molar-refractivity contribution is 0.0922. The summed E-state index contributed by atoms with van der Waals surface area (Å²) < 4.78 is 3.04.